The van der Waals surface area contributed by atoms with Crippen LogP contribution in [0.4, 0.5) is 0 Å². The Balaban J connectivity index is 2.02. The van der Waals surface area contributed by atoms with E-state index in [4.69, 9.17) is 0 Å². The number of phenolic OH excluding ortho intramolecular Hbond substituents is 1. The van der Waals surface area contributed by atoms with Crippen LogP contribution in [0.2, 0.25) is 0 Å². The summed E-state index contributed by atoms with van der Waals surface area (Å²) in [6.07, 6.45) is 0. The molecule has 0 aliphatic heterocycles. The summed E-state index contributed by atoms with van der Waals surface area (Å²) in [7, 11) is 0. The highest BCUT2D eigenvalue weighted by atomic mass is 79.9. The molecule has 0 radical (unpaired) electrons. The molecular weight excluding hydrogens is 302 g/mol. The second-order valence-corrected chi connectivity index (χ2v) is 5.31. The summed E-state index contributed by atoms with van der Waals surface area (Å²) in [6, 6.07) is 8.65. The summed E-state index contributed by atoms with van der Waals surface area (Å²) >= 11 is 4.76. The van der Waals surface area contributed by atoms with Crippen molar-refractivity contribution in [2.75, 3.05) is 0 Å². The molecule has 88 valence electrons. The standard InChI is InChI=1S/C12H10BrNO2S/c13-10-4-3-8(6-11(10)15)12(16)14-7-9-2-1-5-17-9/h1-6,15H,7H2,(H,14,16). The first kappa shape index (κ1) is 12.1. The van der Waals surface area contributed by atoms with Gasteiger partial charge in [0.1, 0.15) is 5.75 Å². The van der Waals surface area contributed by atoms with Gasteiger partial charge in [-0.1, -0.05) is 6.07 Å². The molecule has 1 aromatic carbocycles. The molecule has 1 heterocycles. The molecule has 0 aliphatic carbocycles. The fourth-order valence-electron chi connectivity index (χ4n) is 1.34. The number of rotatable bonds is 3. The SMILES string of the molecule is O=C(NCc1cccs1)c1ccc(Br)c(O)c1. The highest BCUT2D eigenvalue weighted by Gasteiger charge is 2.07. The Morgan fingerprint density at radius 1 is 1.41 bits per heavy atom. The van der Waals surface area contributed by atoms with E-state index in [-0.39, 0.29) is 11.7 Å². The molecule has 0 atom stereocenters. The monoisotopic (exact) mass is 311 g/mol. The van der Waals surface area contributed by atoms with E-state index in [1.54, 1.807) is 23.5 Å². The van der Waals surface area contributed by atoms with Crippen LogP contribution < -0.4 is 5.32 Å². The van der Waals surface area contributed by atoms with Gasteiger partial charge in [0.05, 0.1) is 11.0 Å². The smallest absolute Gasteiger partial charge is 0.251 e. The van der Waals surface area contributed by atoms with Crippen molar-refractivity contribution in [3.8, 4) is 5.75 Å². The summed E-state index contributed by atoms with van der Waals surface area (Å²) in [5.74, 6) is -0.130. The molecule has 3 nitrogen and oxygen atoms in total. The van der Waals surface area contributed by atoms with Crippen LogP contribution in [-0.2, 0) is 6.54 Å². The summed E-state index contributed by atoms with van der Waals surface area (Å²) in [6.45, 7) is 0.507. The Morgan fingerprint density at radius 2 is 2.24 bits per heavy atom. The summed E-state index contributed by atoms with van der Waals surface area (Å²) in [5.41, 5.74) is 0.447. The lowest BCUT2D eigenvalue weighted by Gasteiger charge is -2.05. The maximum absolute atomic E-state index is 11.8. The van der Waals surface area contributed by atoms with Crippen molar-refractivity contribution in [2.24, 2.45) is 0 Å². The van der Waals surface area contributed by atoms with Crippen molar-refractivity contribution in [2.45, 2.75) is 6.54 Å². The van der Waals surface area contributed by atoms with Crippen LogP contribution in [0.5, 0.6) is 5.75 Å². The first-order chi connectivity index (χ1) is 8.16. The number of benzene rings is 1. The number of thiophene rings is 1. The van der Waals surface area contributed by atoms with Crippen LogP contribution in [0, 0.1) is 0 Å². The zero-order chi connectivity index (χ0) is 12.3. The minimum atomic E-state index is -0.193. The third-order valence-corrected chi connectivity index (χ3v) is 3.76. The van der Waals surface area contributed by atoms with Crippen LogP contribution in [0.3, 0.4) is 0 Å². The van der Waals surface area contributed by atoms with E-state index in [9.17, 15) is 9.90 Å². The number of halogens is 1. The lowest BCUT2D eigenvalue weighted by atomic mass is 10.2. The quantitative estimate of drug-likeness (QED) is 0.915. The molecule has 0 aliphatic rings. The molecule has 1 aromatic heterocycles. The van der Waals surface area contributed by atoms with Crippen molar-refractivity contribution in [1.29, 1.82) is 0 Å². The van der Waals surface area contributed by atoms with Crippen LogP contribution in [0.1, 0.15) is 15.2 Å². The van der Waals surface area contributed by atoms with Crippen molar-refractivity contribution >= 4 is 33.2 Å². The molecule has 2 aromatic rings. The van der Waals surface area contributed by atoms with Gasteiger partial charge in [0.25, 0.3) is 5.91 Å². The Morgan fingerprint density at radius 3 is 2.88 bits per heavy atom. The molecule has 0 unspecified atom stereocenters. The zero-order valence-electron chi connectivity index (χ0n) is 8.81. The second kappa shape index (κ2) is 5.33. The minimum Gasteiger partial charge on any atom is -0.507 e. The molecular formula is C12H10BrNO2S. The Labute approximate surface area is 111 Å². The predicted octanol–water partition coefficient (Wildman–Crippen LogP) is 3.15. The number of phenols is 1. The van der Waals surface area contributed by atoms with E-state index in [0.29, 0.717) is 16.6 Å². The van der Waals surface area contributed by atoms with E-state index >= 15 is 0 Å². The molecule has 2 rings (SSSR count). The number of hydrogen-bond acceptors (Lipinski definition) is 3. The van der Waals surface area contributed by atoms with E-state index in [1.807, 2.05) is 17.5 Å². The molecule has 5 heteroatoms. The van der Waals surface area contributed by atoms with Gasteiger partial charge < -0.3 is 10.4 Å². The number of amides is 1. The van der Waals surface area contributed by atoms with E-state index < -0.39 is 0 Å². The molecule has 0 saturated carbocycles. The number of aromatic hydroxyl groups is 1. The molecule has 0 spiro atoms. The third kappa shape index (κ3) is 3.08. The van der Waals surface area contributed by atoms with Crippen LogP contribution >= 0.6 is 27.3 Å². The minimum absolute atomic E-state index is 0.0637. The second-order valence-electron chi connectivity index (χ2n) is 3.43. The van der Waals surface area contributed by atoms with Gasteiger partial charge in [-0.2, -0.15) is 0 Å². The first-order valence-electron chi connectivity index (χ1n) is 4.96. The highest BCUT2D eigenvalue weighted by Crippen LogP contribution is 2.24. The van der Waals surface area contributed by atoms with Crippen LogP contribution in [0.15, 0.2) is 40.2 Å². The summed E-state index contributed by atoms with van der Waals surface area (Å²) in [4.78, 5) is 12.9. The van der Waals surface area contributed by atoms with Crippen molar-refractivity contribution in [3.63, 3.8) is 0 Å². The maximum Gasteiger partial charge on any atom is 0.251 e. The lowest BCUT2D eigenvalue weighted by Crippen LogP contribution is -2.22. The topological polar surface area (TPSA) is 49.3 Å². The van der Waals surface area contributed by atoms with Gasteiger partial charge in [-0.15, -0.1) is 11.3 Å². The van der Waals surface area contributed by atoms with Crippen LogP contribution in [0.25, 0.3) is 0 Å². The largest absolute Gasteiger partial charge is 0.507 e. The predicted molar refractivity (Wildman–Crippen MR) is 71.3 cm³/mol. The van der Waals surface area contributed by atoms with Gasteiger partial charge in [-0.3, -0.25) is 4.79 Å². The fraction of sp³-hybridized carbons (Fsp3) is 0.0833. The molecule has 0 bridgehead atoms. The van der Waals surface area contributed by atoms with E-state index in [2.05, 4.69) is 21.2 Å². The fourth-order valence-corrected chi connectivity index (χ4v) is 2.23. The number of hydrogen-bond donors (Lipinski definition) is 2. The number of nitrogens with one attached hydrogen (secondary N) is 1. The molecule has 17 heavy (non-hydrogen) atoms. The average molecular weight is 312 g/mol. The van der Waals surface area contributed by atoms with Gasteiger partial charge in [0, 0.05) is 10.4 Å². The maximum atomic E-state index is 11.8. The Kier molecular flexibility index (Phi) is 3.81. The first-order valence-corrected chi connectivity index (χ1v) is 6.63. The van der Waals surface area contributed by atoms with Crippen molar-refractivity contribution < 1.29 is 9.90 Å². The normalized spacial score (nSPS) is 10.2. The lowest BCUT2D eigenvalue weighted by molar-refractivity contribution is 0.0951. The Hall–Kier alpha value is -1.33. The average Bonchev–Trinajstić information content (AvgIpc) is 2.82. The van der Waals surface area contributed by atoms with Crippen LogP contribution in [-0.4, -0.2) is 11.0 Å². The zero-order valence-corrected chi connectivity index (χ0v) is 11.2. The van der Waals surface area contributed by atoms with Gasteiger partial charge in [-0.05, 0) is 45.6 Å². The van der Waals surface area contributed by atoms with Gasteiger partial charge in [-0.25, -0.2) is 0 Å². The summed E-state index contributed by atoms with van der Waals surface area (Å²) in [5, 5.41) is 14.2. The van der Waals surface area contributed by atoms with E-state index in [1.165, 1.54) is 6.07 Å². The number of carbonyl (C=O) groups is 1. The third-order valence-electron chi connectivity index (χ3n) is 2.21. The summed E-state index contributed by atoms with van der Waals surface area (Å²) < 4.78 is 0.576. The highest BCUT2D eigenvalue weighted by molar-refractivity contribution is 9.10. The van der Waals surface area contributed by atoms with Crippen molar-refractivity contribution in [1.82, 2.24) is 5.32 Å². The van der Waals surface area contributed by atoms with Crippen molar-refractivity contribution in [3.05, 3.63) is 50.6 Å². The molecule has 2 N–H and O–H groups in total. The number of carbonyl (C=O) groups excluding carboxylic acids is 1. The Bertz CT molecular complexity index is 525. The van der Waals surface area contributed by atoms with Gasteiger partial charge >= 0.3 is 0 Å². The van der Waals surface area contributed by atoms with Gasteiger partial charge in [0.15, 0.2) is 0 Å². The molecule has 0 saturated heterocycles. The molecule has 1 amide bonds. The molecule has 0 fully saturated rings. The van der Waals surface area contributed by atoms with Gasteiger partial charge in [0.2, 0.25) is 0 Å². The van der Waals surface area contributed by atoms with E-state index in [0.717, 1.165) is 4.88 Å².